The highest BCUT2D eigenvalue weighted by Crippen LogP contribution is 2.35. The average molecular weight is 445 g/mol. The van der Waals surface area contributed by atoms with Crippen LogP contribution in [0.1, 0.15) is 21.2 Å². The molecule has 0 saturated carbocycles. The van der Waals surface area contributed by atoms with Gasteiger partial charge in [0.05, 0.1) is 22.8 Å². The molecule has 0 atom stereocenters. The number of carbonyl (C=O) groups excluding carboxylic acids is 1. The van der Waals surface area contributed by atoms with E-state index in [1.54, 1.807) is 17.5 Å². The molecular weight excluding hydrogens is 432 g/mol. The van der Waals surface area contributed by atoms with E-state index in [0.717, 1.165) is 22.7 Å². The van der Waals surface area contributed by atoms with Crippen LogP contribution >= 0.6 is 22.7 Å². The number of hydrogen-bond acceptors (Lipinski definition) is 8. The number of aromatic hydroxyl groups is 1. The van der Waals surface area contributed by atoms with Crippen LogP contribution in [0.15, 0.2) is 35.8 Å². The maximum absolute atomic E-state index is 13.6. The van der Waals surface area contributed by atoms with Crippen molar-refractivity contribution in [2.24, 2.45) is 0 Å². The highest BCUT2D eigenvalue weighted by Gasteiger charge is 2.17. The molecular formula is C19H13F2N5O2S2. The molecule has 0 aliphatic carbocycles. The van der Waals surface area contributed by atoms with Crippen molar-refractivity contribution in [3.63, 3.8) is 0 Å². The van der Waals surface area contributed by atoms with Crippen molar-refractivity contribution in [1.82, 2.24) is 25.5 Å². The molecule has 3 heterocycles. The Hall–Kier alpha value is -3.31. The number of aryl methyl sites for hydroxylation is 1. The monoisotopic (exact) mass is 445 g/mol. The number of amides is 1. The summed E-state index contributed by atoms with van der Waals surface area (Å²) in [5.74, 6) is -3.46. The van der Waals surface area contributed by atoms with Gasteiger partial charge in [-0.2, -0.15) is 5.10 Å². The second kappa shape index (κ2) is 8.20. The summed E-state index contributed by atoms with van der Waals surface area (Å²) in [7, 11) is 0. The molecule has 0 saturated heterocycles. The van der Waals surface area contributed by atoms with Crippen LogP contribution < -0.4 is 5.32 Å². The normalized spacial score (nSPS) is 10.9. The minimum atomic E-state index is -1.04. The second-order valence-corrected chi connectivity index (χ2v) is 8.08. The summed E-state index contributed by atoms with van der Waals surface area (Å²) in [6.07, 6.45) is 1.48. The third-order valence-electron chi connectivity index (χ3n) is 4.05. The molecule has 30 heavy (non-hydrogen) atoms. The van der Waals surface area contributed by atoms with Crippen LogP contribution in [0.5, 0.6) is 5.75 Å². The zero-order valence-electron chi connectivity index (χ0n) is 15.4. The fraction of sp³-hybridized carbons (Fsp3) is 0.105. The Morgan fingerprint density at radius 1 is 1.23 bits per heavy atom. The highest BCUT2D eigenvalue weighted by molar-refractivity contribution is 7.16. The lowest BCUT2D eigenvalue weighted by atomic mass is 10.2. The lowest BCUT2D eigenvalue weighted by molar-refractivity contribution is 0.0945. The SMILES string of the molecule is Cc1nc(CNC(=O)c2cccnn2)sc1-c1csc(-c2cc(F)c(O)c(F)c2)n1. The number of benzene rings is 1. The summed E-state index contributed by atoms with van der Waals surface area (Å²) in [6, 6.07) is 5.26. The third-order valence-corrected chi connectivity index (χ3v) is 6.12. The molecule has 0 radical (unpaired) electrons. The van der Waals surface area contributed by atoms with Gasteiger partial charge in [-0.3, -0.25) is 4.79 Å². The Labute approximate surface area is 177 Å². The van der Waals surface area contributed by atoms with Crippen LogP contribution in [0, 0.1) is 18.6 Å². The van der Waals surface area contributed by atoms with Gasteiger partial charge in [0.1, 0.15) is 10.0 Å². The van der Waals surface area contributed by atoms with Gasteiger partial charge in [-0.05, 0) is 31.2 Å². The number of rotatable bonds is 5. The Morgan fingerprint density at radius 3 is 2.70 bits per heavy atom. The minimum Gasteiger partial charge on any atom is -0.503 e. The number of nitrogens with zero attached hydrogens (tertiary/aromatic N) is 4. The smallest absolute Gasteiger partial charge is 0.272 e. The van der Waals surface area contributed by atoms with Crippen LogP contribution in [0.4, 0.5) is 8.78 Å². The number of phenolic OH excluding ortho intramolecular Hbond substituents is 1. The molecule has 4 rings (SSSR count). The zero-order chi connectivity index (χ0) is 21.3. The summed E-state index contributed by atoms with van der Waals surface area (Å²) < 4.78 is 27.3. The summed E-state index contributed by atoms with van der Waals surface area (Å²) in [6.45, 7) is 2.03. The Kier molecular flexibility index (Phi) is 5.46. The van der Waals surface area contributed by atoms with Crippen molar-refractivity contribution in [1.29, 1.82) is 0 Å². The van der Waals surface area contributed by atoms with Gasteiger partial charge < -0.3 is 10.4 Å². The van der Waals surface area contributed by atoms with Gasteiger partial charge in [0.15, 0.2) is 23.1 Å². The Bertz CT molecular complexity index is 1200. The van der Waals surface area contributed by atoms with Gasteiger partial charge in [0.25, 0.3) is 5.91 Å². The zero-order valence-corrected chi connectivity index (χ0v) is 17.0. The van der Waals surface area contributed by atoms with Gasteiger partial charge in [-0.15, -0.1) is 27.8 Å². The molecule has 0 spiro atoms. The van der Waals surface area contributed by atoms with Gasteiger partial charge in [0.2, 0.25) is 0 Å². The van der Waals surface area contributed by atoms with Crippen LogP contribution in [0.2, 0.25) is 0 Å². The standard InChI is InChI=1S/C19H13F2N5O2S2/c1-9-17(30-15(24-9)7-22-18(28)13-3-2-4-23-26-13)14-8-29-19(25-14)10-5-11(20)16(27)12(21)6-10/h2-6,8,27H,7H2,1H3,(H,22,28). The van der Waals surface area contributed by atoms with Gasteiger partial charge >= 0.3 is 0 Å². The quantitative estimate of drug-likeness (QED) is 0.483. The molecule has 11 heteroatoms. The summed E-state index contributed by atoms with van der Waals surface area (Å²) in [4.78, 5) is 21.8. The van der Waals surface area contributed by atoms with Crippen molar-refractivity contribution in [3.8, 4) is 26.9 Å². The molecule has 1 amide bonds. The van der Waals surface area contributed by atoms with Crippen molar-refractivity contribution in [3.05, 3.63) is 63.9 Å². The van der Waals surface area contributed by atoms with Gasteiger partial charge in [-0.1, -0.05) is 0 Å². The van der Waals surface area contributed by atoms with Crippen LogP contribution in [0.25, 0.3) is 21.1 Å². The van der Waals surface area contributed by atoms with Gasteiger partial charge in [0, 0.05) is 17.1 Å². The topological polar surface area (TPSA) is 101 Å². The number of aromatic nitrogens is 4. The van der Waals surface area contributed by atoms with E-state index in [9.17, 15) is 18.7 Å². The Morgan fingerprint density at radius 2 is 2.00 bits per heavy atom. The van der Waals surface area contributed by atoms with E-state index in [4.69, 9.17) is 0 Å². The molecule has 1 aromatic carbocycles. The van der Waals surface area contributed by atoms with Crippen molar-refractivity contribution in [2.75, 3.05) is 0 Å². The minimum absolute atomic E-state index is 0.212. The van der Waals surface area contributed by atoms with E-state index >= 15 is 0 Å². The molecule has 2 N–H and O–H groups in total. The maximum Gasteiger partial charge on any atom is 0.272 e. The van der Waals surface area contributed by atoms with Gasteiger partial charge in [-0.25, -0.2) is 18.7 Å². The number of thiazole rings is 2. The first-order valence-corrected chi connectivity index (χ1v) is 10.3. The summed E-state index contributed by atoms with van der Waals surface area (Å²) in [5.41, 5.74) is 1.79. The van der Waals surface area contributed by atoms with Crippen LogP contribution in [-0.4, -0.2) is 31.2 Å². The first-order valence-electron chi connectivity index (χ1n) is 8.59. The van der Waals surface area contributed by atoms with Crippen molar-refractivity contribution >= 4 is 28.6 Å². The summed E-state index contributed by atoms with van der Waals surface area (Å²) in [5, 5.41) is 22.3. The van der Waals surface area contributed by atoms with E-state index in [1.165, 1.54) is 28.9 Å². The first kappa shape index (κ1) is 20.0. The Balaban J connectivity index is 1.52. The van der Waals surface area contributed by atoms with E-state index in [1.807, 2.05) is 6.92 Å². The predicted molar refractivity (Wildman–Crippen MR) is 108 cm³/mol. The van der Waals surface area contributed by atoms with E-state index in [0.29, 0.717) is 15.7 Å². The fourth-order valence-electron chi connectivity index (χ4n) is 2.63. The molecule has 0 aliphatic heterocycles. The fourth-order valence-corrected chi connectivity index (χ4v) is 4.47. The first-order chi connectivity index (χ1) is 14.4. The number of carbonyl (C=O) groups is 1. The largest absolute Gasteiger partial charge is 0.503 e. The van der Waals surface area contributed by atoms with Crippen molar-refractivity contribution < 1.29 is 18.7 Å². The average Bonchev–Trinajstić information content (AvgIpc) is 3.37. The molecule has 0 fully saturated rings. The molecule has 3 aromatic heterocycles. The van der Waals surface area contributed by atoms with Crippen molar-refractivity contribution in [2.45, 2.75) is 13.5 Å². The lowest BCUT2D eigenvalue weighted by Gasteiger charge is -2.01. The lowest BCUT2D eigenvalue weighted by Crippen LogP contribution is -2.23. The van der Waals surface area contributed by atoms with Crippen LogP contribution in [-0.2, 0) is 6.54 Å². The second-order valence-electron chi connectivity index (χ2n) is 6.14. The predicted octanol–water partition coefficient (Wildman–Crippen LogP) is 3.95. The molecule has 0 aliphatic rings. The molecule has 0 bridgehead atoms. The molecule has 152 valence electrons. The number of hydrogen-bond donors (Lipinski definition) is 2. The third kappa shape index (κ3) is 4.02. The maximum atomic E-state index is 13.6. The van der Waals surface area contributed by atoms with Crippen LogP contribution in [0.3, 0.4) is 0 Å². The summed E-state index contributed by atoms with van der Waals surface area (Å²) >= 11 is 2.58. The van der Waals surface area contributed by atoms with E-state index in [-0.39, 0.29) is 23.7 Å². The molecule has 0 unspecified atom stereocenters. The number of nitrogens with one attached hydrogen (secondary N) is 1. The van der Waals surface area contributed by atoms with E-state index in [2.05, 4.69) is 25.5 Å². The molecule has 7 nitrogen and oxygen atoms in total. The van der Waals surface area contributed by atoms with E-state index < -0.39 is 17.4 Å². The number of halogens is 2. The molecule has 4 aromatic rings. The number of phenols is 1. The highest BCUT2D eigenvalue weighted by atomic mass is 32.1.